The molecule has 2 heterocycles. The maximum absolute atomic E-state index is 11.4. The quantitative estimate of drug-likeness (QED) is 0.828. The van der Waals surface area contributed by atoms with Crippen LogP contribution >= 0.6 is 0 Å². The molecule has 0 spiro atoms. The predicted octanol–water partition coefficient (Wildman–Crippen LogP) is 1.18. The van der Waals surface area contributed by atoms with Crippen molar-refractivity contribution in [3.63, 3.8) is 0 Å². The number of rotatable bonds is 5. The monoisotopic (exact) mass is 305 g/mol. The van der Waals surface area contributed by atoms with Crippen LogP contribution in [-0.2, 0) is 4.79 Å². The molecule has 2 N–H and O–H groups in total. The minimum Gasteiger partial charge on any atom is -0.366 e. The van der Waals surface area contributed by atoms with Crippen LogP contribution in [0.25, 0.3) is 0 Å². The third-order valence-corrected chi connectivity index (χ3v) is 4.42. The van der Waals surface area contributed by atoms with Gasteiger partial charge in [0.1, 0.15) is 5.82 Å². The zero-order valence-corrected chi connectivity index (χ0v) is 13.8. The van der Waals surface area contributed by atoms with Gasteiger partial charge in [-0.1, -0.05) is 6.92 Å². The standard InChI is InChI=1S/C16H27N5O/c1-4-15-18-10-14(16(17)22)12-21(15)19(3)11-13-6-8-20(5-2)9-7-13/h4,10,12-13H,5-9,11H2,1-3H3,(H2,17,22)/b15-4-. The Morgan fingerprint density at radius 1 is 1.50 bits per heavy atom. The SMILES string of the molecule is C/C=C1/N=CC(C(N)=O)=CN1N(C)CC1CCN(CC)CC1. The Morgan fingerprint density at radius 2 is 2.18 bits per heavy atom. The van der Waals surface area contributed by atoms with Gasteiger partial charge < -0.3 is 10.6 Å². The second kappa shape index (κ2) is 7.56. The van der Waals surface area contributed by atoms with Gasteiger partial charge in [0.2, 0.25) is 0 Å². The number of allylic oxidation sites excluding steroid dienone is 1. The van der Waals surface area contributed by atoms with Crippen molar-refractivity contribution in [3.05, 3.63) is 23.7 Å². The highest BCUT2D eigenvalue weighted by Crippen LogP contribution is 2.22. The highest BCUT2D eigenvalue weighted by atomic mass is 16.1. The van der Waals surface area contributed by atoms with Crippen LogP contribution in [-0.4, -0.2) is 60.3 Å². The minimum absolute atomic E-state index is 0.429. The molecule has 0 radical (unpaired) electrons. The number of hydrogen-bond acceptors (Lipinski definition) is 5. The van der Waals surface area contributed by atoms with Crippen LogP contribution in [0.15, 0.2) is 28.7 Å². The summed E-state index contributed by atoms with van der Waals surface area (Å²) in [6.07, 6.45) is 7.66. The summed E-state index contributed by atoms with van der Waals surface area (Å²) >= 11 is 0. The van der Waals surface area contributed by atoms with Gasteiger partial charge >= 0.3 is 0 Å². The lowest BCUT2D eigenvalue weighted by atomic mass is 9.97. The average Bonchev–Trinajstić information content (AvgIpc) is 2.54. The fourth-order valence-corrected chi connectivity index (χ4v) is 2.98. The second-order valence-corrected chi connectivity index (χ2v) is 5.92. The van der Waals surface area contributed by atoms with Crippen molar-refractivity contribution in [3.8, 4) is 0 Å². The number of likely N-dealkylation sites (tertiary alicyclic amines) is 1. The minimum atomic E-state index is -0.450. The molecular weight excluding hydrogens is 278 g/mol. The Labute approximate surface area is 132 Å². The van der Waals surface area contributed by atoms with Crippen molar-refractivity contribution >= 4 is 12.1 Å². The van der Waals surface area contributed by atoms with Crippen molar-refractivity contribution in [2.75, 3.05) is 33.2 Å². The summed E-state index contributed by atoms with van der Waals surface area (Å²) in [5.41, 5.74) is 5.79. The van der Waals surface area contributed by atoms with E-state index >= 15 is 0 Å². The molecule has 22 heavy (non-hydrogen) atoms. The number of nitrogens with zero attached hydrogens (tertiary/aromatic N) is 4. The lowest BCUT2D eigenvalue weighted by molar-refractivity contribution is -0.114. The van der Waals surface area contributed by atoms with Gasteiger partial charge in [0.15, 0.2) is 0 Å². The number of hydrogen-bond donors (Lipinski definition) is 1. The van der Waals surface area contributed by atoms with Crippen LogP contribution in [0.4, 0.5) is 0 Å². The number of piperidine rings is 1. The first-order chi connectivity index (χ1) is 10.5. The third kappa shape index (κ3) is 3.96. The Bertz CT molecular complexity index is 489. The molecule has 1 saturated heterocycles. The molecule has 2 rings (SSSR count). The summed E-state index contributed by atoms with van der Waals surface area (Å²) in [5, 5.41) is 4.05. The molecule has 0 aromatic carbocycles. The van der Waals surface area contributed by atoms with Crippen molar-refractivity contribution in [2.24, 2.45) is 16.6 Å². The summed E-state index contributed by atoms with van der Waals surface area (Å²) in [6, 6.07) is 0. The average molecular weight is 305 g/mol. The molecule has 122 valence electrons. The Morgan fingerprint density at radius 3 is 2.73 bits per heavy atom. The molecule has 0 aliphatic carbocycles. The van der Waals surface area contributed by atoms with Crippen LogP contribution in [0.1, 0.15) is 26.7 Å². The van der Waals surface area contributed by atoms with E-state index < -0.39 is 5.91 Å². The molecule has 0 aromatic heterocycles. The molecule has 0 bridgehead atoms. The Balaban J connectivity index is 1.99. The number of carbonyl (C=O) groups excluding carboxylic acids is 1. The summed E-state index contributed by atoms with van der Waals surface area (Å²) in [5.74, 6) is 1.04. The summed E-state index contributed by atoms with van der Waals surface area (Å²) in [4.78, 5) is 18.2. The molecule has 0 saturated carbocycles. The molecule has 1 fully saturated rings. The van der Waals surface area contributed by atoms with E-state index in [1.165, 1.54) is 32.1 Å². The molecular formula is C16H27N5O. The fourth-order valence-electron chi connectivity index (χ4n) is 2.98. The van der Waals surface area contributed by atoms with E-state index in [0.717, 1.165) is 18.9 Å². The molecule has 2 aliphatic rings. The van der Waals surface area contributed by atoms with Crippen LogP contribution in [0.3, 0.4) is 0 Å². The molecule has 2 aliphatic heterocycles. The second-order valence-electron chi connectivity index (χ2n) is 5.92. The van der Waals surface area contributed by atoms with Gasteiger partial charge in [0.25, 0.3) is 5.91 Å². The zero-order chi connectivity index (χ0) is 16.1. The number of hydrazine groups is 1. The maximum atomic E-state index is 11.4. The van der Waals surface area contributed by atoms with E-state index in [4.69, 9.17) is 5.73 Å². The highest BCUT2D eigenvalue weighted by molar-refractivity contribution is 6.11. The first-order valence-electron chi connectivity index (χ1n) is 7.99. The van der Waals surface area contributed by atoms with Gasteiger partial charge in [-0.05, 0) is 51.4 Å². The van der Waals surface area contributed by atoms with Crippen LogP contribution < -0.4 is 5.73 Å². The number of amides is 1. The summed E-state index contributed by atoms with van der Waals surface area (Å²) in [7, 11) is 2.03. The van der Waals surface area contributed by atoms with E-state index in [2.05, 4.69) is 21.8 Å². The van der Waals surface area contributed by atoms with Gasteiger partial charge in [-0.25, -0.2) is 10.0 Å². The first kappa shape index (κ1) is 16.7. The van der Waals surface area contributed by atoms with E-state index in [1.807, 2.05) is 25.1 Å². The van der Waals surface area contributed by atoms with Crippen molar-refractivity contribution in [1.82, 2.24) is 14.9 Å². The molecule has 0 aromatic rings. The number of carbonyl (C=O) groups is 1. The van der Waals surface area contributed by atoms with Gasteiger partial charge in [-0.2, -0.15) is 0 Å². The maximum Gasteiger partial charge on any atom is 0.251 e. The first-order valence-corrected chi connectivity index (χ1v) is 7.99. The number of nitrogens with two attached hydrogens (primary N) is 1. The smallest absolute Gasteiger partial charge is 0.251 e. The van der Waals surface area contributed by atoms with Crippen LogP contribution in [0, 0.1) is 5.92 Å². The topological polar surface area (TPSA) is 65.2 Å². The summed E-state index contributed by atoms with van der Waals surface area (Å²) < 4.78 is 0. The van der Waals surface area contributed by atoms with Gasteiger partial charge in [0.05, 0.1) is 5.57 Å². The lowest BCUT2D eigenvalue weighted by Gasteiger charge is -2.38. The van der Waals surface area contributed by atoms with Crippen molar-refractivity contribution < 1.29 is 4.79 Å². The Hall–Kier alpha value is -1.66. The van der Waals surface area contributed by atoms with Gasteiger partial charge in [-0.15, -0.1) is 0 Å². The molecule has 6 nitrogen and oxygen atoms in total. The molecule has 6 heteroatoms. The van der Waals surface area contributed by atoms with E-state index in [9.17, 15) is 4.79 Å². The molecule has 0 atom stereocenters. The van der Waals surface area contributed by atoms with Crippen molar-refractivity contribution in [2.45, 2.75) is 26.7 Å². The normalized spacial score (nSPS) is 22.5. The molecule has 1 amide bonds. The highest BCUT2D eigenvalue weighted by Gasteiger charge is 2.23. The zero-order valence-electron chi connectivity index (χ0n) is 13.8. The summed E-state index contributed by atoms with van der Waals surface area (Å²) in [6.45, 7) is 8.59. The number of aliphatic imine (C=N–C) groups is 1. The Kier molecular flexibility index (Phi) is 5.74. The number of primary amides is 1. The lowest BCUT2D eigenvalue weighted by Crippen LogP contribution is -2.43. The molecule has 0 unspecified atom stereocenters. The predicted molar refractivity (Wildman–Crippen MR) is 88.8 cm³/mol. The van der Waals surface area contributed by atoms with Crippen LogP contribution in [0.2, 0.25) is 0 Å². The van der Waals surface area contributed by atoms with Gasteiger partial charge in [0, 0.05) is 26.0 Å². The van der Waals surface area contributed by atoms with Crippen molar-refractivity contribution in [1.29, 1.82) is 0 Å². The largest absolute Gasteiger partial charge is 0.366 e. The van der Waals surface area contributed by atoms with E-state index in [-0.39, 0.29) is 0 Å². The third-order valence-electron chi connectivity index (χ3n) is 4.42. The van der Waals surface area contributed by atoms with Crippen LogP contribution in [0.5, 0.6) is 0 Å². The fraction of sp³-hybridized carbons (Fsp3) is 0.625. The van der Waals surface area contributed by atoms with Gasteiger partial charge in [-0.3, -0.25) is 9.80 Å². The van der Waals surface area contributed by atoms with E-state index in [0.29, 0.717) is 11.5 Å². The van der Waals surface area contributed by atoms with E-state index in [1.54, 1.807) is 6.20 Å².